The van der Waals surface area contributed by atoms with Crippen LogP contribution in [0.5, 0.6) is 5.75 Å². The van der Waals surface area contributed by atoms with Gasteiger partial charge in [-0.2, -0.15) is 0 Å². The maximum absolute atomic E-state index is 11.9. The maximum atomic E-state index is 11.9. The van der Waals surface area contributed by atoms with E-state index in [9.17, 15) is 9.59 Å². The first-order valence-corrected chi connectivity index (χ1v) is 8.11. The predicted octanol–water partition coefficient (Wildman–Crippen LogP) is 1.95. The Morgan fingerprint density at radius 3 is 2.58 bits per heavy atom. The fourth-order valence-corrected chi connectivity index (χ4v) is 2.54. The Labute approximate surface area is 149 Å². The standard InChI is InChI=1S/C17H25N3O3.ClH/c1-18-16(21)9-11-23-15-5-3-14(4-6-15)20-17(22)7-2-13-8-10-19-12-13;/h3-6,13,19H,2,7-12H2,1H3,(H,18,21)(H,20,22);1H. The molecular weight excluding hydrogens is 330 g/mol. The van der Waals surface area contributed by atoms with Crippen LogP contribution in [-0.2, 0) is 9.59 Å². The summed E-state index contributed by atoms with van der Waals surface area (Å²) >= 11 is 0. The van der Waals surface area contributed by atoms with Crippen LogP contribution >= 0.6 is 12.4 Å². The highest BCUT2D eigenvalue weighted by Crippen LogP contribution is 2.18. The molecule has 1 fully saturated rings. The van der Waals surface area contributed by atoms with Crippen LogP contribution in [-0.4, -0.2) is 38.6 Å². The Morgan fingerprint density at radius 2 is 1.96 bits per heavy atom. The summed E-state index contributed by atoms with van der Waals surface area (Å²) in [5, 5.41) is 8.75. The molecule has 0 spiro atoms. The molecule has 1 aromatic carbocycles. The number of hydrogen-bond donors (Lipinski definition) is 3. The van der Waals surface area contributed by atoms with Gasteiger partial charge in [-0.1, -0.05) is 0 Å². The smallest absolute Gasteiger partial charge is 0.224 e. The Kier molecular flexibility index (Phi) is 9.19. The normalized spacial score (nSPS) is 16.1. The van der Waals surface area contributed by atoms with Crippen molar-refractivity contribution in [2.24, 2.45) is 5.92 Å². The van der Waals surface area contributed by atoms with E-state index in [0.717, 1.165) is 31.6 Å². The predicted molar refractivity (Wildman–Crippen MR) is 96.7 cm³/mol. The topological polar surface area (TPSA) is 79.5 Å². The minimum absolute atomic E-state index is 0. The molecule has 0 saturated carbocycles. The largest absolute Gasteiger partial charge is 0.493 e. The Balaban J connectivity index is 0.00000288. The summed E-state index contributed by atoms with van der Waals surface area (Å²) < 4.78 is 5.47. The lowest BCUT2D eigenvalue weighted by atomic mass is 10.0. The van der Waals surface area contributed by atoms with Gasteiger partial charge in [-0.3, -0.25) is 9.59 Å². The first-order valence-electron chi connectivity index (χ1n) is 8.11. The van der Waals surface area contributed by atoms with E-state index in [-0.39, 0.29) is 24.2 Å². The molecule has 3 N–H and O–H groups in total. The van der Waals surface area contributed by atoms with Crippen molar-refractivity contribution in [2.75, 3.05) is 32.1 Å². The van der Waals surface area contributed by atoms with Gasteiger partial charge in [0.15, 0.2) is 0 Å². The van der Waals surface area contributed by atoms with E-state index in [0.29, 0.717) is 31.1 Å². The van der Waals surface area contributed by atoms with Gasteiger partial charge >= 0.3 is 0 Å². The third kappa shape index (κ3) is 7.19. The van der Waals surface area contributed by atoms with Crippen LogP contribution in [0.1, 0.15) is 25.7 Å². The first-order chi connectivity index (χ1) is 11.2. The van der Waals surface area contributed by atoms with Gasteiger partial charge in [-0.05, 0) is 56.1 Å². The molecule has 24 heavy (non-hydrogen) atoms. The van der Waals surface area contributed by atoms with Gasteiger partial charge in [-0.15, -0.1) is 12.4 Å². The average molecular weight is 356 g/mol. The minimum atomic E-state index is -0.0497. The molecule has 134 valence electrons. The first kappa shape index (κ1) is 20.3. The molecule has 1 unspecified atom stereocenters. The number of amides is 2. The van der Waals surface area contributed by atoms with Gasteiger partial charge in [0.05, 0.1) is 13.0 Å². The average Bonchev–Trinajstić information content (AvgIpc) is 3.08. The number of halogens is 1. The molecule has 1 atom stereocenters. The van der Waals surface area contributed by atoms with Crippen molar-refractivity contribution < 1.29 is 14.3 Å². The minimum Gasteiger partial charge on any atom is -0.493 e. The van der Waals surface area contributed by atoms with Crippen molar-refractivity contribution in [3.8, 4) is 5.75 Å². The molecule has 7 heteroatoms. The Morgan fingerprint density at radius 1 is 1.21 bits per heavy atom. The fraction of sp³-hybridized carbons (Fsp3) is 0.529. The van der Waals surface area contributed by atoms with Gasteiger partial charge in [-0.25, -0.2) is 0 Å². The van der Waals surface area contributed by atoms with Crippen LogP contribution in [0, 0.1) is 5.92 Å². The van der Waals surface area contributed by atoms with Gasteiger partial charge in [0.25, 0.3) is 0 Å². The number of ether oxygens (including phenoxy) is 1. The van der Waals surface area contributed by atoms with Crippen molar-refractivity contribution in [1.82, 2.24) is 10.6 Å². The third-order valence-electron chi connectivity index (χ3n) is 3.96. The molecule has 1 aliphatic heterocycles. The highest BCUT2D eigenvalue weighted by atomic mass is 35.5. The molecule has 0 radical (unpaired) electrons. The lowest BCUT2D eigenvalue weighted by Crippen LogP contribution is -2.20. The highest BCUT2D eigenvalue weighted by molar-refractivity contribution is 5.90. The summed E-state index contributed by atoms with van der Waals surface area (Å²) in [6.45, 7) is 2.42. The van der Waals surface area contributed by atoms with E-state index in [1.54, 1.807) is 19.2 Å². The van der Waals surface area contributed by atoms with Crippen LogP contribution in [0.2, 0.25) is 0 Å². The second-order valence-corrected chi connectivity index (χ2v) is 5.74. The maximum Gasteiger partial charge on any atom is 0.224 e. The van der Waals surface area contributed by atoms with Gasteiger partial charge in [0.1, 0.15) is 5.75 Å². The highest BCUT2D eigenvalue weighted by Gasteiger charge is 2.15. The number of benzene rings is 1. The number of hydrogen-bond acceptors (Lipinski definition) is 4. The molecule has 1 heterocycles. The lowest BCUT2D eigenvalue weighted by Gasteiger charge is -2.10. The van der Waals surface area contributed by atoms with Crippen molar-refractivity contribution in [1.29, 1.82) is 0 Å². The Bertz CT molecular complexity index is 516. The summed E-state index contributed by atoms with van der Waals surface area (Å²) in [5.74, 6) is 1.30. The van der Waals surface area contributed by atoms with E-state index in [1.807, 2.05) is 12.1 Å². The Hall–Kier alpha value is -1.79. The summed E-state index contributed by atoms with van der Waals surface area (Å²) in [5.41, 5.74) is 0.762. The number of anilines is 1. The van der Waals surface area contributed by atoms with Crippen LogP contribution in [0.15, 0.2) is 24.3 Å². The number of carbonyl (C=O) groups is 2. The zero-order chi connectivity index (χ0) is 16.5. The van der Waals surface area contributed by atoms with E-state index in [4.69, 9.17) is 4.74 Å². The fourth-order valence-electron chi connectivity index (χ4n) is 2.54. The van der Waals surface area contributed by atoms with Gasteiger partial charge in [0, 0.05) is 19.2 Å². The number of carbonyl (C=O) groups excluding carboxylic acids is 2. The third-order valence-corrected chi connectivity index (χ3v) is 3.96. The van der Waals surface area contributed by atoms with Crippen molar-refractivity contribution in [3.63, 3.8) is 0 Å². The van der Waals surface area contributed by atoms with E-state index in [1.165, 1.54) is 0 Å². The molecule has 1 aliphatic rings. The second kappa shape index (κ2) is 10.9. The van der Waals surface area contributed by atoms with Crippen LogP contribution in [0.25, 0.3) is 0 Å². The van der Waals surface area contributed by atoms with Crippen molar-refractivity contribution >= 4 is 29.9 Å². The van der Waals surface area contributed by atoms with Crippen LogP contribution in [0.3, 0.4) is 0 Å². The van der Waals surface area contributed by atoms with Crippen molar-refractivity contribution in [3.05, 3.63) is 24.3 Å². The molecule has 1 aromatic rings. The molecular formula is C17H26ClN3O3. The molecule has 0 bridgehead atoms. The molecule has 0 aliphatic carbocycles. The molecule has 1 saturated heterocycles. The summed E-state index contributed by atoms with van der Waals surface area (Å²) in [6.07, 6.45) is 2.97. The van der Waals surface area contributed by atoms with E-state index in [2.05, 4.69) is 16.0 Å². The quantitative estimate of drug-likeness (QED) is 0.666. The number of nitrogens with one attached hydrogen (secondary N) is 3. The second-order valence-electron chi connectivity index (χ2n) is 5.74. The van der Waals surface area contributed by atoms with E-state index >= 15 is 0 Å². The molecule has 2 rings (SSSR count). The van der Waals surface area contributed by atoms with Gasteiger partial charge < -0.3 is 20.7 Å². The summed E-state index contributed by atoms with van der Waals surface area (Å²) in [7, 11) is 1.60. The molecule has 0 aromatic heterocycles. The zero-order valence-electron chi connectivity index (χ0n) is 14.0. The van der Waals surface area contributed by atoms with Crippen LogP contribution in [0.4, 0.5) is 5.69 Å². The van der Waals surface area contributed by atoms with Gasteiger partial charge in [0.2, 0.25) is 11.8 Å². The number of rotatable bonds is 8. The molecule has 6 nitrogen and oxygen atoms in total. The lowest BCUT2D eigenvalue weighted by molar-refractivity contribution is -0.121. The summed E-state index contributed by atoms with van der Waals surface area (Å²) in [4.78, 5) is 23.0. The van der Waals surface area contributed by atoms with Crippen LogP contribution < -0.4 is 20.7 Å². The monoisotopic (exact) mass is 355 g/mol. The summed E-state index contributed by atoms with van der Waals surface area (Å²) in [6, 6.07) is 7.20. The van der Waals surface area contributed by atoms with Crippen molar-refractivity contribution in [2.45, 2.75) is 25.7 Å². The zero-order valence-corrected chi connectivity index (χ0v) is 14.8. The van der Waals surface area contributed by atoms with E-state index < -0.39 is 0 Å². The SMILES string of the molecule is CNC(=O)CCOc1ccc(NC(=O)CCC2CCNC2)cc1.Cl. The molecule has 2 amide bonds.